The minimum absolute atomic E-state index is 0.583. The van der Waals surface area contributed by atoms with Gasteiger partial charge in [-0.2, -0.15) is 0 Å². The zero-order valence-corrected chi connectivity index (χ0v) is 12.2. The van der Waals surface area contributed by atoms with Gasteiger partial charge in [0.05, 0.1) is 28.8 Å². The fourth-order valence-corrected chi connectivity index (χ4v) is 2.93. The van der Waals surface area contributed by atoms with Crippen LogP contribution in [0.2, 0.25) is 0 Å². The van der Waals surface area contributed by atoms with E-state index in [-0.39, 0.29) is 0 Å². The summed E-state index contributed by atoms with van der Waals surface area (Å²) in [6, 6.07) is 6.33. The summed E-state index contributed by atoms with van der Waals surface area (Å²) in [5.41, 5.74) is 6.36. The molecule has 0 saturated carbocycles. The third kappa shape index (κ3) is 2.51. The maximum absolute atomic E-state index is 5.88. The summed E-state index contributed by atoms with van der Waals surface area (Å²) >= 11 is 7.50. The van der Waals surface area contributed by atoms with Crippen molar-refractivity contribution in [2.45, 2.75) is 19.9 Å². The molecule has 3 nitrogen and oxygen atoms in total. The molecule has 0 fully saturated rings. The molecule has 19 heavy (non-hydrogen) atoms. The number of thiazole rings is 1. The number of aryl methyl sites for hydroxylation is 2. The first kappa shape index (κ1) is 12.6. The van der Waals surface area contributed by atoms with Gasteiger partial charge in [-0.25, -0.2) is 9.97 Å². The number of nitrogens with zero attached hydrogens (tertiary/aromatic N) is 3. The number of benzene rings is 1. The number of rotatable bonds is 4. The van der Waals surface area contributed by atoms with E-state index in [9.17, 15) is 0 Å². The zero-order chi connectivity index (χ0) is 13.2. The van der Waals surface area contributed by atoms with Gasteiger partial charge in [0.15, 0.2) is 0 Å². The third-order valence-corrected chi connectivity index (χ3v) is 3.93. The molecule has 0 amide bonds. The van der Waals surface area contributed by atoms with Crippen LogP contribution in [0.25, 0.3) is 11.0 Å². The number of fused-ring (bicyclic) bond motifs is 1. The second kappa shape index (κ2) is 5.31. The monoisotopic (exact) mass is 291 g/mol. The summed E-state index contributed by atoms with van der Waals surface area (Å²) in [5, 5.41) is 2.08. The molecule has 2 heterocycles. The van der Waals surface area contributed by atoms with Crippen molar-refractivity contribution < 1.29 is 0 Å². The highest BCUT2D eigenvalue weighted by molar-refractivity contribution is 7.07. The molecule has 98 valence electrons. The van der Waals surface area contributed by atoms with E-state index in [0.717, 1.165) is 35.5 Å². The Balaban J connectivity index is 2.12. The Hall–Kier alpha value is -1.39. The van der Waals surface area contributed by atoms with Crippen LogP contribution < -0.4 is 0 Å². The molecule has 0 bridgehead atoms. The summed E-state index contributed by atoms with van der Waals surface area (Å²) in [7, 11) is 0. The van der Waals surface area contributed by atoms with Gasteiger partial charge in [0.1, 0.15) is 5.82 Å². The molecule has 2 aromatic heterocycles. The van der Waals surface area contributed by atoms with Crippen molar-refractivity contribution in [3.8, 4) is 0 Å². The zero-order valence-electron chi connectivity index (χ0n) is 10.6. The Bertz CT molecular complexity index is 688. The Kier molecular flexibility index (Phi) is 3.53. The molecular weight excluding hydrogens is 278 g/mol. The maximum atomic E-state index is 5.88. The quantitative estimate of drug-likeness (QED) is 0.687. The number of alkyl halides is 1. The molecule has 0 atom stereocenters. The van der Waals surface area contributed by atoms with E-state index in [1.165, 1.54) is 5.56 Å². The van der Waals surface area contributed by atoms with E-state index in [0.29, 0.717) is 5.88 Å². The van der Waals surface area contributed by atoms with Gasteiger partial charge in [0.25, 0.3) is 0 Å². The van der Waals surface area contributed by atoms with Crippen LogP contribution in [0.5, 0.6) is 0 Å². The van der Waals surface area contributed by atoms with Gasteiger partial charge >= 0.3 is 0 Å². The second-order valence-corrected chi connectivity index (χ2v) is 5.62. The van der Waals surface area contributed by atoms with E-state index >= 15 is 0 Å². The van der Waals surface area contributed by atoms with Gasteiger partial charge in [-0.15, -0.1) is 22.9 Å². The van der Waals surface area contributed by atoms with Crippen LogP contribution in [-0.4, -0.2) is 20.4 Å². The van der Waals surface area contributed by atoms with E-state index in [1.54, 1.807) is 11.3 Å². The van der Waals surface area contributed by atoms with Crippen molar-refractivity contribution in [2.75, 3.05) is 5.88 Å². The highest BCUT2D eigenvalue weighted by Crippen LogP contribution is 2.20. The summed E-state index contributed by atoms with van der Waals surface area (Å²) in [4.78, 5) is 9.04. The van der Waals surface area contributed by atoms with Gasteiger partial charge in [-0.05, 0) is 24.6 Å². The largest absolute Gasteiger partial charge is 0.322 e. The van der Waals surface area contributed by atoms with Crippen molar-refractivity contribution in [3.05, 3.63) is 46.2 Å². The van der Waals surface area contributed by atoms with Gasteiger partial charge in [-0.1, -0.05) is 6.07 Å². The molecule has 0 aliphatic heterocycles. The molecule has 0 N–H and O–H groups in total. The van der Waals surface area contributed by atoms with E-state index in [4.69, 9.17) is 11.6 Å². The minimum Gasteiger partial charge on any atom is -0.322 e. The van der Waals surface area contributed by atoms with Crippen molar-refractivity contribution in [1.82, 2.24) is 14.5 Å². The standard InChI is InChI=1S/C14H14ClN3S/c1-10-2-3-12-13(6-10)18(14(17-12)4-5-15)7-11-8-19-9-16-11/h2-3,6,8-9H,4-5,7H2,1H3. The highest BCUT2D eigenvalue weighted by atomic mass is 35.5. The van der Waals surface area contributed by atoms with Crippen molar-refractivity contribution in [2.24, 2.45) is 0 Å². The molecule has 5 heteroatoms. The number of halogens is 1. The molecule has 0 unspecified atom stereocenters. The first-order chi connectivity index (χ1) is 9.28. The van der Waals surface area contributed by atoms with Gasteiger partial charge in [0, 0.05) is 17.7 Å². The third-order valence-electron chi connectivity index (χ3n) is 3.10. The van der Waals surface area contributed by atoms with E-state index in [1.807, 2.05) is 5.51 Å². The topological polar surface area (TPSA) is 30.7 Å². The van der Waals surface area contributed by atoms with E-state index < -0.39 is 0 Å². The van der Waals surface area contributed by atoms with Crippen LogP contribution in [-0.2, 0) is 13.0 Å². The van der Waals surface area contributed by atoms with Crippen molar-refractivity contribution >= 4 is 34.0 Å². The maximum Gasteiger partial charge on any atom is 0.111 e. The first-order valence-electron chi connectivity index (χ1n) is 6.16. The van der Waals surface area contributed by atoms with Gasteiger partial charge in [0.2, 0.25) is 0 Å². The van der Waals surface area contributed by atoms with E-state index in [2.05, 4.69) is 45.0 Å². The lowest BCUT2D eigenvalue weighted by molar-refractivity contribution is 0.741. The predicted octanol–water partition coefficient (Wildman–Crippen LogP) is 3.63. The lowest BCUT2D eigenvalue weighted by Gasteiger charge is -2.06. The van der Waals surface area contributed by atoms with Gasteiger partial charge in [-0.3, -0.25) is 0 Å². The molecule has 0 aliphatic rings. The normalized spacial score (nSPS) is 11.3. The molecule has 1 aromatic carbocycles. The van der Waals surface area contributed by atoms with Crippen LogP contribution in [0.1, 0.15) is 17.1 Å². The van der Waals surface area contributed by atoms with Crippen LogP contribution in [0.3, 0.4) is 0 Å². The average Bonchev–Trinajstić information content (AvgIpc) is 3.00. The Morgan fingerprint density at radius 2 is 2.26 bits per heavy atom. The summed E-state index contributed by atoms with van der Waals surface area (Å²) in [6.45, 7) is 2.86. The van der Waals surface area contributed by atoms with Crippen LogP contribution in [0.15, 0.2) is 29.1 Å². The summed E-state index contributed by atoms with van der Waals surface area (Å²) in [6.07, 6.45) is 0.777. The molecule has 0 aliphatic carbocycles. The Labute approximate surface area is 120 Å². The second-order valence-electron chi connectivity index (χ2n) is 4.53. The molecule has 3 rings (SSSR count). The molecule has 0 radical (unpaired) electrons. The lowest BCUT2D eigenvalue weighted by atomic mass is 10.2. The van der Waals surface area contributed by atoms with Crippen LogP contribution in [0.4, 0.5) is 0 Å². The lowest BCUT2D eigenvalue weighted by Crippen LogP contribution is -2.06. The summed E-state index contributed by atoms with van der Waals surface area (Å²) in [5.74, 6) is 1.61. The Morgan fingerprint density at radius 3 is 3.00 bits per heavy atom. The van der Waals surface area contributed by atoms with Crippen molar-refractivity contribution in [3.63, 3.8) is 0 Å². The Morgan fingerprint density at radius 1 is 1.37 bits per heavy atom. The minimum atomic E-state index is 0.583. The number of hydrogen-bond donors (Lipinski definition) is 0. The van der Waals surface area contributed by atoms with Crippen LogP contribution >= 0.6 is 22.9 Å². The fraction of sp³-hybridized carbons (Fsp3) is 0.286. The van der Waals surface area contributed by atoms with Gasteiger partial charge < -0.3 is 4.57 Å². The highest BCUT2D eigenvalue weighted by Gasteiger charge is 2.11. The smallest absolute Gasteiger partial charge is 0.111 e. The number of aromatic nitrogens is 3. The summed E-state index contributed by atoms with van der Waals surface area (Å²) < 4.78 is 2.22. The molecule has 0 spiro atoms. The SMILES string of the molecule is Cc1ccc2nc(CCCl)n(Cc3cscn3)c2c1. The fourth-order valence-electron chi connectivity index (χ4n) is 2.21. The predicted molar refractivity (Wildman–Crippen MR) is 80.1 cm³/mol. The molecule has 0 saturated heterocycles. The number of imidazole rings is 1. The van der Waals surface area contributed by atoms with Crippen molar-refractivity contribution in [1.29, 1.82) is 0 Å². The van der Waals surface area contributed by atoms with Crippen LogP contribution in [0, 0.1) is 6.92 Å². The number of hydrogen-bond acceptors (Lipinski definition) is 3. The first-order valence-corrected chi connectivity index (χ1v) is 7.64. The molecule has 3 aromatic rings. The molecular formula is C14H14ClN3S. The average molecular weight is 292 g/mol.